The maximum absolute atomic E-state index is 12.1. The minimum atomic E-state index is -0.605. The van der Waals surface area contributed by atoms with E-state index in [1.165, 1.54) is 16.8 Å². The Balaban J connectivity index is 2.03. The van der Waals surface area contributed by atoms with Crippen LogP contribution in [0.25, 0.3) is 0 Å². The summed E-state index contributed by atoms with van der Waals surface area (Å²) in [6.45, 7) is 5.83. The third-order valence-corrected chi connectivity index (χ3v) is 3.40. The SMILES string of the molecule is CCCCn1nc(C(=O)NNC(=O)c2cc(C)oc2C)ccc1=O. The molecule has 8 heteroatoms. The zero-order valence-electron chi connectivity index (χ0n) is 13.9. The van der Waals surface area contributed by atoms with Crippen LogP contribution in [0.3, 0.4) is 0 Å². The summed E-state index contributed by atoms with van der Waals surface area (Å²) in [5, 5.41) is 4.00. The number of furan rings is 1. The largest absolute Gasteiger partial charge is 0.466 e. The van der Waals surface area contributed by atoms with Crippen molar-refractivity contribution in [3.8, 4) is 0 Å². The van der Waals surface area contributed by atoms with E-state index in [1.807, 2.05) is 6.92 Å². The topological polar surface area (TPSA) is 106 Å². The molecule has 0 saturated carbocycles. The quantitative estimate of drug-likeness (QED) is 0.803. The molecule has 2 heterocycles. The minimum absolute atomic E-state index is 0.0473. The van der Waals surface area contributed by atoms with Gasteiger partial charge in [0.2, 0.25) is 0 Å². The fraction of sp³-hybridized carbons (Fsp3) is 0.375. The van der Waals surface area contributed by atoms with Gasteiger partial charge >= 0.3 is 0 Å². The Morgan fingerprint density at radius 2 is 1.92 bits per heavy atom. The van der Waals surface area contributed by atoms with Crippen LogP contribution in [-0.4, -0.2) is 21.6 Å². The molecule has 0 aliphatic carbocycles. The Hall–Kier alpha value is -2.90. The molecule has 0 aliphatic heterocycles. The molecule has 0 atom stereocenters. The summed E-state index contributed by atoms with van der Waals surface area (Å²) in [5.74, 6) is -0.0254. The van der Waals surface area contributed by atoms with Crippen LogP contribution in [-0.2, 0) is 6.54 Å². The number of aromatic nitrogens is 2. The zero-order valence-corrected chi connectivity index (χ0v) is 13.9. The highest BCUT2D eigenvalue weighted by Gasteiger charge is 2.15. The second-order valence-electron chi connectivity index (χ2n) is 5.37. The van der Waals surface area contributed by atoms with Gasteiger partial charge in [0, 0.05) is 12.6 Å². The van der Waals surface area contributed by atoms with Crippen LogP contribution < -0.4 is 16.4 Å². The number of nitrogens with one attached hydrogen (secondary N) is 2. The third kappa shape index (κ3) is 4.09. The summed E-state index contributed by atoms with van der Waals surface area (Å²) in [5.41, 5.74) is 4.70. The van der Waals surface area contributed by atoms with E-state index in [9.17, 15) is 14.4 Å². The van der Waals surface area contributed by atoms with Gasteiger partial charge < -0.3 is 4.42 Å². The van der Waals surface area contributed by atoms with E-state index in [0.717, 1.165) is 12.8 Å². The molecule has 2 rings (SSSR count). The van der Waals surface area contributed by atoms with Crippen molar-refractivity contribution in [3.63, 3.8) is 0 Å². The predicted octanol–water partition coefficient (Wildman–Crippen LogP) is 1.33. The summed E-state index contributed by atoms with van der Waals surface area (Å²) >= 11 is 0. The van der Waals surface area contributed by atoms with Crippen molar-refractivity contribution in [2.24, 2.45) is 0 Å². The Kier molecular flexibility index (Phi) is 5.51. The van der Waals surface area contributed by atoms with Gasteiger partial charge in [0.05, 0.1) is 5.56 Å². The van der Waals surface area contributed by atoms with E-state index < -0.39 is 11.8 Å². The van der Waals surface area contributed by atoms with Gasteiger partial charge in [-0.15, -0.1) is 0 Å². The maximum atomic E-state index is 12.1. The number of hydrazine groups is 1. The molecule has 0 unspecified atom stereocenters. The molecule has 24 heavy (non-hydrogen) atoms. The van der Waals surface area contributed by atoms with Gasteiger partial charge in [-0.05, 0) is 32.4 Å². The fourth-order valence-electron chi connectivity index (χ4n) is 2.14. The number of aryl methyl sites for hydroxylation is 3. The number of hydrogen-bond donors (Lipinski definition) is 2. The Morgan fingerprint density at radius 1 is 1.21 bits per heavy atom. The van der Waals surface area contributed by atoms with E-state index >= 15 is 0 Å². The molecule has 0 saturated heterocycles. The van der Waals surface area contributed by atoms with E-state index in [2.05, 4.69) is 16.0 Å². The second kappa shape index (κ2) is 7.58. The maximum Gasteiger partial charge on any atom is 0.290 e. The molecular weight excluding hydrogens is 312 g/mol. The molecule has 2 N–H and O–H groups in total. The van der Waals surface area contributed by atoms with Crippen molar-refractivity contribution >= 4 is 11.8 Å². The van der Waals surface area contributed by atoms with E-state index in [-0.39, 0.29) is 11.3 Å². The van der Waals surface area contributed by atoms with Gasteiger partial charge in [0.25, 0.3) is 17.4 Å². The lowest BCUT2D eigenvalue weighted by atomic mass is 10.2. The smallest absolute Gasteiger partial charge is 0.290 e. The fourth-order valence-corrected chi connectivity index (χ4v) is 2.14. The monoisotopic (exact) mass is 332 g/mol. The standard InChI is InChI=1S/C16H20N4O4/c1-4-5-8-20-14(21)7-6-13(19-20)16(23)18-17-15(22)12-9-10(2)24-11(12)3/h6-7,9H,4-5,8H2,1-3H3,(H,17,22)(H,18,23). The summed E-state index contributed by atoms with van der Waals surface area (Å²) < 4.78 is 6.51. The number of hydrogen-bond acceptors (Lipinski definition) is 5. The Morgan fingerprint density at radius 3 is 2.54 bits per heavy atom. The van der Waals surface area contributed by atoms with E-state index in [0.29, 0.717) is 23.6 Å². The summed E-state index contributed by atoms with van der Waals surface area (Å²) in [6.07, 6.45) is 1.69. The number of nitrogens with zero attached hydrogens (tertiary/aromatic N) is 2. The molecule has 0 fully saturated rings. The summed E-state index contributed by atoms with van der Waals surface area (Å²) in [6, 6.07) is 4.18. The molecular formula is C16H20N4O4. The molecule has 0 bridgehead atoms. The van der Waals surface area contributed by atoms with Crippen molar-refractivity contribution in [1.82, 2.24) is 20.6 Å². The van der Waals surface area contributed by atoms with Gasteiger partial charge in [-0.3, -0.25) is 25.2 Å². The van der Waals surface area contributed by atoms with Crippen LogP contribution in [0.4, 0.5) is 0 Å². The first kappa shape index (κ1) is 17.5. The van der Waals surface area contributed by atoms with Crippen LogP contribution in [0.1, 0.15) is 52.1 Å². The van der Waals surface area contributed by atoms with Gasteiger partial charge in [-0.2, -0.15) is 5.10 Å². The minimum Gasteiger partial charge on any atom is -0.466 e. The van der Waals surface area contributed by atoms with Crippen molar-refractivity contribution in [2.75, 3.05) is 0 Å². The van der Waals surface area contributed by atoms with Gasteiger partial charge in [-0.25, -0.2) is 4.68 Å². The predicted molar refractivity (Wildman–Crippen MR) is 86.5 cm³/mol. The third-order valence-electron chi connectivity index (χ3n) is 3.40. The lowest BCUT2D eigenvalue weighted by molar-refractivity contribution is 0.0841. The first-order valence-electron chi connectivity index (χ1n) is 7.68. The Bertz CT molecular complexity index is 807. The molecule has 0 spiro atoms. The van der Waals surface area contributed by atoms with Crippen LogP contribution >= 0.6 is 0 Å². The highest BCUT2D eigenvalue weighted by atomic mass is 16.3. The molecule has 2 aromatic rings. The first-order chi connectivity index (χ1) is 11.4. The average Bonchev–Trinajstić information content (AvgIpc) is 2.90. The highest BCUT2D eigenvalue weighted by molar-refractivity contribution is 5.98. The Labute approximate surface area is 138 Å². The van der Waals surface area contributed by atoms with Crippen LogP contribution in [0.2, 0.25) is 0 Å². The first-order valence-corrected chi connectivity index (χ1v) is 7.68. The molecule has 0 aliphatic rings. The molecule has 128 valence electrons. The normalized spacial score (nSPS) is 10.5. The van der Waals surface area contributed by atoms with Crippen molar-refractivity contribution in [1.29, 1.82) is 0 Å². The van der Waals surface area contributed by atoms with Gasteiger partial charge in [0.15, 0.2) is 5.69 Å². The summed E-state index contributed by atoms with van der Waals surface area (Å²) in [7, 11) is 0. The van der Waals surface area contributed by atoms with Crippen molar-refractivity contribution in [2.45, 2.75) is 40.2 Å². The zero-order chi connectivity index (χ0) is 17.7. The van der Waals surface area contributed by atoms with E-state index in [4.69, 9.17) is 4.42 Å². The lowest BCUT2D eigenvalue weighted by Gasteiger charge is -2.08. The number of amides is 2. The molecule has 2 aromatic heterocycles. The number of unbranched alkanes of at least 4 members (excludes halogenated alkanes) is 1. The average molecular weight is 332 g/mol. The number of carbonyl (C=O) groups excluding carboxylic acids is 2. The van der Waals surface area contributed by atoms with Gasteiger partial charge in [0.1, 0.15) is 11.5 Å². The summed E-state index contributed by atoms with van der Waals surface area (Å²) in [4.78, 5) is 35.8. The van der Waals surface area contributed by atoms with Crippen molar-refractivity contribution < 1.29 is 14.0 Å². The molecule has 0 aromatic carbocycles. The highest BCUT2D eigenvalue weighted by Crippen LogP contribution is 2.12. The molecule has 8 nitrogen and oxygen atoms in total. The van der Waals surface area contributed by atoms with E-state index in [1.54, 1.807) is 19.9 Å². The number of rotatable bonds is 5. The second-order valence-corrected chi connectivity index (χ2v) is 5.37. The number of carbonyl (C=O) groups is 2. The van der Waals surface area contributed by atoms with Gasteiger partial charge in [-0.1, -0.05) is 13.3 Å². The van der Waals surface area contributed by atoms with Crippen LogP contribution in [0, 0.1) is 13.8 Å². The van der Waals surface area contributed by atoms with Crippen LogP contribution in [0.15, 0.2) is 27.4 Å². The van der Waals surface area contributed by atoms with Crippen LogP contribution in [0.5, 0.6) is 0 Å². The lowest BCUT2D eigenvalue weighted by Crippen LogP contribution is -2.42. The molecule has 2 amide bonds. The molecule has 0 radical (unpaired) electrons. The van der Waals surface area contributed by atoms with Crippen molar-refractivity contribution in [3.05, 3.63) is 51.3 Å².